The molecule has 1 aromatic rings. The molecule has 106 valence electrons. The summed E-state index contributed by atoms with van der Waals surface area (Å²) in [6, 6.07) is 8.00. The maximum Gasteiger partial charge on any atom is 0.0406 e. The number of nitrogens with zero attached hydrogens (tertiary/aromatic N) is 1. The Morgan fingerprint density at radius 3 is 2.68 bits per heavy atom. The largest absolute Gasteiger partial charge is 0.324 e. The summed E-state index contributed by atoms with van der Waals surface area (Å²) in [5.74, 6) is 1.23. The molecule has 2 nitrogen and oxygen atoms in total. The third kappa shape index (κ3) is 4.67. The number of thioether (sulfide) groups is 1. The Morgan fingerprint density at radius 1 is 1.37 bits per heavy atom. The van der Waals surface area contributed by atoms with Crippen LogP contribution in [0.25, 0.3) is 0 Å². The summed E-state index contributed by atoms with van der Waals surface area (Å²) < 4.78 is 0.378. The van der Waals surface area contributed by atoms with Crippen LogP contribution < -0.4 is 5.73 Å². The fourth-order valence-electron chi connectivity index (χ4n) is 2.50. The second kappa shape index (κ2) is 6.49. The summed E-state index contributed by atoms with van der Waals surface area (Å²) in [4.78, 5) is 2.53. The van der Waals surface area contributed by atoms with Crippen LogP contribution in [0.3, 0.4) is 0 Å². The molecule has 1 unspecified atom stereocenters. The van der Waals surface area contributed by atoms with E-state index >= 15 is 0 Å². The van der Waals surface area contributed by atoms with Gasteiger partial charge in [0.2, 0.25) is 0 Å². The van der Waals surface area contributed by atoms with E-state index in [1.165, 1.54) is 17.9 Å². The van der Waals surface area contributed by atoms with Crippen LogP contribution in [0, 0.1) is 0 Å². The van der Waals surface area contributed by atoms with Gasteiger partial charge in [0, 0.05) is 41.2 Å². The molecule has 1 fully saturated rings. The van der Waals surface area contributed by atoms with E-state index in [9.17, 15) is 0 Å². The van der Waals surface area contributed by atoms with Crippen LogP contribution >= 0.6 is 23.4 Å². The number of nitrogens with two attached hydrogens (primary N) is 1. The minimum Gasteiger partial charge on any atom is -0.324 e. The van der Waals surface area contributed by atoms with Gasteiger partial charge in [-0.05, 0) is 38.0 Å². The first-order chi connectivity index (χ1) is 8.96. The van der Waals surface area contributed by atoms with Crippen molar-refractivity contribution in [3.63, 3.8) is 0 Å². The molecule has 0 aromatic heterocycles. The number of hydrogen-bond acceptors (Lipinski definition) is 3. The highest BCUT2D eigenvalue weighted by Gasteiger charge is 2.26. The molecule has 1 saturated heterocycles. The van der Waals surface area contributed by atoms with Crippen LogP contribution in [0.4, 0.5) is 0 Å². The van der Waals surface area contributed by atoms with Crippen molar-refractivity contribution < 1.29 is 0 Å². The van der Waals surface area contributed by atoms with Crippen molar-refractivity contribution >= 4 is 23.4 Å². The first-order valence-electron chi connectivity index (χ1n) is 6.84. The van der Waals surface area contributed by atoms with E-state index in [0.29, 0.717) is 4.75 Å². The lowest BCUT2D eigenvalue weighted by molar-refractivity contribution is 0.251. The Balaban J connectivity index is 1.83. The van der Waals surface area contributed by atoms with Gasteiger partial charge in [0.05, 0.1) is 0 Å². The second-order valence-corrected chi connectivity index (χ2v) is 8.07. The van der Waals surface area contributed by atoms with Crippen LogP contribution in [-0.2, 0) is 0 Å². The van der Waals surface area contributed by atoms with E-state index in [1.807, 2.05) is 24.3 Å². The number of benzene rings is 1. The van der Waals surface area contributed by atoms with E-state index in [1.54, 1.807) is 0 Å². The van der Waals surface area contributed by atoms with Gasteiger partial charge < -0.3 is 10.6 Å². The van der Waals surface area contributed by atoms with Crippen molar-refractivity contribution in [2.24, 2.45) is 5.73 Å². The first kappa shape index (κ1) is 15.2. The Bertz CT molecular complexity index is 405. The topological polar surface area (TPSA) is 29.3 Å². The summed E-state index contributed by atoms with van der Waals surface area (Å²) in [7, 11) is 0. The molecule has 0 radical (unpaired) electrons. The standard InChI is InChI=1S/C15H23ClN2S/c1-15(2)11-18(9-10-19-15)8-7-14(17)12-3-5-13(16)6-4-12/h3-6,14H,7-11,17H2,1-2H3. The highest BCUT2D eigenvalue weighted by molar-refractivity contribution is 8.00. The van der Waals surface area contributed by atoms with Gasteiger partial charge in [-0.2, -0.15) is 11.8 Å². The maximum absolute atomic E-state index is 6.25. The zero-order valence-corrected chi connectivity index (χ0v) is 13.3. The molecule has 0 amide bonds. The van der Waals surface area contributed by atoms with Crippen molar-refractivity contribution in [3.05, 3.63) is 34.9 Å². The van der Waals surface area contributed by atoms with Crippen molar-refractivity contribution in [3.8, 4) is 0 Å². The minimum absolute atomic E-state index is 0.106. The van der Waals surface area contributed by atoms with E-state index < -0.39 is 0 Å². The van der Waals surface area contributed by atoms with Crippen molar-refractivity contribution in [1.29, 1.82) is 0 Å². The Hall–Kier alpha value is -0.220. The zero-order chi connectivity index (χ0) is 13.9. The molecule has 2 N–H and O–H groups in total. The highest BCUT2D eigenvalue weighted by Crippen LogP contribution is 2.29. The number of hydrogen-bond donors (Lipinski definition) is 1. The third-order valence-electron chi connectivity index (χ3n) is 3.56. The molecule has 2 rings (SSSR count). The summed E-state index contributed by atoms with van der Waals surface area (Å²) in [6.45, 7) is 8.06. The lowest BCUT2D eigenvalue weighted by atomic mass is 10.0. The molecule has 0 aliphatic carbocycles. The second-order valence-electron chi connectivity index (χ2n) is 5.83. The Kier molecular flexibility index (Phi) is 5.18. The summed E-state index contributed by atoms with van der Waals surface area (Å²) in [5, 5.41) is 0.769. The summed E-state index contributed by atoms with van der Waals surface area (Å²) in [6.07, 6.45) is 1.00. The Morgan fingerprint density at radius 2 is 2.05 bits per heavy atom. The van der Waals surface area contributed by atoms with Crippen LogP contribution in [0.2, 0.25) is 5.02 Å². The van der Waals surface area contributed by atoms with Crippen LogP contribution in [0.15, 0.2) is 24.3 Å². The van der Waals surface area contributed by atoms with E-state index in [-0.39, 0.29) is 6.04 Å². The molecule has 1 heterocycles. The molecule has 1 aliphatic heterocycles. The predicted molar refractivity (Wildman–Crippen MR) is 86.0 cm³/mol. The first-order valence-corrected chi connectivity index (χ1v) is 8.20. The van der Waals surface area contributed by atoms with Crippen LogP contribution in [0.1, 0.15) is 31.9 Å². The molecule has 0 spiro atoms. The SMILES string of the molecule is CC1(C)CN(CCC(N)c2ccc(Cl)cc2)CCS1. The molecule has 1 atom stereocenters. The Labute approximate surface area is 125 Å². The van der Waals surface area contributed by atoms with Gasteiger partial charge >= 0.3 is 0 Å². The van der Waals surface area contributed by atoms with E-state index in [4.69, 9.17) is 17.3 Å². The van der Waals surface area contributed by atoms with Gasteiger partial charge in [0.1, 0.15) is 0 Å². The van der Waals surface area contributed by atoms with E-state index in [0.717, 1.165) is 24.5 Å². The fourth-order valence-corrected chi connectivity index (χ4v) is 3.81. The highest BCUT2D eigenvalue weighted by atomic mass is 35.5. The van der Waals surface area contributed by atoms with Gasteiger partial charge in [-0.3, -0.25) is 0 Å². The van der Waals surface area contributed by atoms with Crippen LogP contribution in [0.5, 0.6) is 0 Å². The monoisotopic (exact) mass is 298 g/mol. The zero-order valence-electron chi connectivity index (χ0n) is 11.7. The number of rotatable bonds is 4. The summed E-state index contributed by atoms with van der Waals surface area (Å²) >= 11 is 7.96. The molecular weight excluding hydrogens is 276 g/mol. The van der Waals surface area contributed by atoms with Crippen molar-refractivity contribution in [1.82, 2.24) is 4.90 Å². The third-order valence-corrected chi connectivity index (χ3v) is 5.11. The molecule has 4 heteroatoms. The van der Waals surface area contributed by atoms with Gasteiger partial charge in [0.25, 0.3) is 0 Å². The van der Waals surface area contributed by atoms with Crippen molar-refractivity contribution in [2.75, 3.05) is 25.4 Å². The van der Waals surface area contributed by atoms with Gasteiger partial charge in [-0.25, -0.2) is 0 Å². The van der Waals surface area contributed by atoms with Gasteiger partial charge in [-0.1, -0.05) is 23.7 Å². The average Bonchev–Trinajstić information content (AvgIpc) is 2.36. The molecule has 1 aromatic carbocycles. The quantitative estimate of drug-likeness (QED) is 0.921. The molecule has 0 saturated carbocycles. The maximum atomic E-state index is 6.25. The fraction of sp³-hybridized carbons (Fsp3) is 0.600. The molecule has 1 aliphatic rings. The molecular formula is C15H23ClN2S. The number of halogens is 1. The lowest BCUT2D eigenvalue weighted by Gasteiger charge is -2.37. The summed E-state index contributed by atoms with van der Waals surface area (Å²) in [5.41, 5.74) is 7.43. The minimum atomic E-state index is 0.106. The lowest BCUT2D eigenvalue weighted by Crippen LogP contribution is -2.43. The molecule has 19 heavy (non-hydrogen) atoms. The van der Waals surface area contributed by atoms with Gasteiger partial charge in [0.15, 0.2) is 0 Å². The smallest absolute Gasteiger partial charge is 0.0406 e. The average molecular weight is 299 g/mol. The molecule has 0 bridgehead atoms. The van der Waals surface area contributed by atoms with E-state index in [2.05, 4.69) is 30.5 Å². The van der Waals surface area contributed by atoms with Crippen LogP contribution in [-0.4, -0.2) is 35.0 Å². The van der Waals surface area contributed by atoms with Crippen molar-refractivity contribution in [2.45, 2.75) is 31.1 Å². The normalized spacial score (nSPS) is 21.3. The predicted octanol–water partition coefficient (Wildman–Crippen LogP) is 3.56. The van der Waals surface area contributed by atoms with Gasteiger partial charge in [-0.15, -0.1) is 0 Å².